The van der Waals surface area contributed by atoms with Crippen LogP contribution in [0.4, 0.5) is 0 Å². The Morgan fingerprint density at radius 2 is 1.96 bits per heavy atom. The lowest BCUT2D eigenvalue weighted by atomic mass is 10.1. The summed E-state index contributed by atoms with van der Waals surface area (Å²) in [7, 11) is -3.40. The molecule has 0 aromatic heterocycles. The maximum Gasteiger partial charge on any atom is 0.227 e. The second-order valence-electron chi connectivity index (χ2n) is 7.55. The summed E-state index contributed by atoms with van der Waals surface area (Å²) in [6.45, 7) is 2.64. The molecule has 1 saturated carbocycles. The van der Waals surface area contributed by atoms with Crippen LogP contribution in [0.5, 0.6) is 5.75 Å². The lowest BCUT2D eigenvalue weighted by Gasteiger charge is -2.33. The minimum Gasteiger partial charge on any atom is -0.508 e. The molecule has 1 saturated heterocycles. The smallest absolute Gasteiger partial charge is 0.227 e. The van der Waals surface area contributed by atoms with Crippen LogP contribution in [0.3, 0.4) is 0 Å². The van der Waals surface area contributed by atoms with Crippen molar-refractivity contribution in [2.45, 2.75) is 63.2 Å². The number of nitrogens with zero attached hydrogens (tertiary/aromatic N) is 1. The number of amides is 1. The average molecular weight is 381 g/mol. The van der Waals surface area contributed by atoms with Crippen molar-refractivity contribution >= 4 is 15.9 Å². The van der Waals surface area contributed by atoms with E-state index in [1.807, 2.05) is 6.07 Å². The van der Waals surface area contributed by atoms with Gasteiger partial charge in [0.1, 0.15) is 5.75 Å². The van der Waals surface area contributed by atoms with Crippen molar-refractivity contribution in [3.8, 4) is 5.75 Å². The number of carbonyl (C=O) groups is 1. The zero-order chi connectivity index (χ0) is 18.7. The highest BCUT2D eigenvalue weighted by molar-refractivity contribution is 7.90. The molecule has 2 fully saturated rings. The first-order chi connectivity index (χ1) is 12.3. The minimum atomic E-state index is -3.40. The van der Waals surface area contributed by atoms with Gasteiger partial charge in [-0.3, -0.25) is 4.79 Å². The van der Waals surface area contributed by atoms with Crippen LogP contribution in [-0.4, -0.2) is 48.7 Å². The molecule has 26 heavy (non-hydrogen) atoms. The molecule has 1 amide bonds. The second-order valence-corrected chi connectivity index (χ2v) is 9.54. The van der Waals surface area contributed by atoms with Crippen molar-refractivity contribution in [1.82, 2.24) is 9.62 Å². The van der Waals surface area contributed by atoms with Gasteiger partial charge in [0.25, 0.3) is 0 Å². The SMILES string of the molecule is Cc1ccc(CC(=O)N2CCCC(S(=O)(=O)NC3CCCC3)C2)cc1O. The van der Waals surface area contributed by atoms with Gasteiger partial charge in [0, 0.05) is 19.1 Å². The molecule has 3 rings (SSSR count). The first kappa shape index (κ1) is 19.2. The van der Waals surface area contributed by atoms with Crippen molar-refractivity contribution in [3.05, 3.63) is 29.3 Å². The van der Waals surface area contributed by atoms with Gasteiger partial charge in [-0.05, 0) is 49.8 Å². The number of rotatable bonds is 5. The van der Waals surface area contributed by atoms with Gasteiger partial charge >= 0.3 is 0 Å². The number of carbonyl (C=O) groups excluding carboxylic acids is 1. The van der Waals surface area contributed by atoms with Crippen molar-refractivity contribution in [2.75, 3.05) is 13.1 Å². The van der Waals surface area contributed by atoms with E-state index in [1.165, 1.54) is 0 Å². The van der Waals surface area contributed by atoms with Crippen LogP contribution in [0.1, 0.15) is 49.7 Å². The Labute approximate surface area is 155 Å². The first-order valence-electron chi connectivity index (χ1n) is 9.42. The van der Waals surface area contributed by atoms with E-state index < -0.39 is 15.3 Å². The van der Waals surface area contributed by atoms with Gasteiger partial charge in [-0.15, -0.1) is 0 Å². The van der Waals surface area contributed by atoms with Gasteiger partial charge in [0.2, 0.25) is 15.9 Å². The highest BCUT2D eigenvalue weighted by atomic mass is 32.2. The maximum atomic E-state index is 12.7. The molecule has 1 aliphatic heterocycles. The van der Waals surface area contributed by atoms with Gasteiger partial charge in [-0.25, -0.2) is 13.1 Å². The number of piperidine rings is 1. The van der Waals surface area contributed by atoms with Crippen LogP contribution in [0.25, 0.3) is 0 Å². The molecule has 1 heterocycles. The quantitative estimate of drug-likeness (QED) is 0.819. The monoisotopic (exact) mass is 380 g/mol. The molecule has 1 aromatic carbocycles. The molecule has 0 bridgehead atoms. The van der Waals surface area contributed by atoms with Crippen LogP contribution in [0, 0.1) is 6.92 Å². The zero-order valence-electron chi connectivity index (χ0n) is 15.3. The lowest BCUT2D eigenvalue weighted by molar-refractivity contribution is -0.131. The van der Waals surface area contributed by atoms with E-state index in [9.17, 15) is 18.3 Å². The fraction of sp³-hybridized carbons (Fsp3) is 0.632. The molecule has 2 N–H and O–H groups in total. The van der Waals surface area contributed by atoms with E-state index >= 15 is 0 Å². The van der Waals surface area contributed by atoms with E-state index in [0.717, 1.165) is 36.8 Å². The van der Waals surface area contributed by atoms with Crippen molar-refractivity contribution < 1.29 is 18.3 Å². The summed E-state index contributed by atoms with van der Waals surface area (Å²) in [5.74, 6) is 0.0872. The number of sulfonamides is 1. The summed E-state index contributed by atoms with van der Waals surface area (Å²) in [6.07, 6.45) is 5.43. The summed E-state index contributed by atoms with van der Waals surface area (Å²) in [6, 6.07) is 5.27. The van der Waals surface area contributed by atoms with Crippen LogP contribution >= 0.6 is 0 Å². The fourth-order valence-corrected chi connectivity index (χ4v) is 5.59. The van der Waals surface area contributed by atoms with Gasteiger partial charge in [-0.1, -0.05) is 25.0 Å². The predicted molar refractivity (Wildman–Crippen MR) is 100 cm³/mol. The number of likely N-dealkylation sites (tertiary alicyclic amines) is 1. The summed E-state index contributed by atoms with van der Waals surface area (Å²) >= 11 is 0. The molecule has 2 aliphatic rings. The highest BCUT2D eigenvalue weighted by Gasteiger charge is 2.34. The van der Waals surface area contributed by atoms with E-state index in [1.54, 1.807) is 24.0 Å². The zero-order valence-corrected chi connectivity index (χ0v) is 16.1. The van der Waals surface area contributed by atoms with Crippen molar-refractivity contribution in [1.29, 1.82) is 0 Å². The normalized spacial score (nSPS) is 21.9. The number of aryl methyl sites for hydroxylation is 1. The molecule has 144 valence electrons. The Morgan fingerprint density at radius 1 is 1.23 bits per heavy atom. The van der Waals surface area contributed by atoms with Crippen LogP contribution in [0.15, 0.2) is 18.2 Å². The Kier molecular flexibility index (Phi) is 5.87. The summed E-state index contributed by atoms with van der Waals surface area (Å²) in [4.78, 5) is 14.3. The van der Waals surface area contributed by atoms with Gasteiger partial charge < -0.3 is 10.0 Å². The summed E-state index contributed by atoms with van der Waals surface area (Å²) in [5, 5.41) is 9.26. The second kappa shape index (κ2) is 7.96. The number of aromatic hydroxyl groups is 1. The molecule has 1 aliphatic carbocycles. The molecule has 6 nitrogen and oxygen atoms in total. The maximum absolute atomic E-state index is 12.7. The summed E-state index contributed by atoms with van der Waals surface area (Å²) < 4.78 is 28.2. The number of hydrogen-bond acceptors (Lipinski definition) is 4. The molecule has 1 unspecified atom stereocenters. The van der Waals surface area contributed by atoms with E-state index in [0.29, 0.717) is 19.4 Å². The standard InChI is InChI=1S/C19H28N2O4S/c1-14-8-9-15(11-18(14)22)12-19(23)21-10-4-7-17(13-21)26(24,25)20-16-5-2-3-6-16/h8-9,11,16-17,20,22H,2-7,10,12-13H2,1H3. The first-order valence-corrected chi connectivity index (χ1v) is 11.0. The Morgan fingerprint density at radius 3 is 2.65 bits per heavy atom. The Bertz CT molecular complexity index is 757. The molecular formula is C19H28N2O4S. The highest BCUT2D eigenvalue weighted by Crippen LogP contribution is 2.23. The molecule has 1 aromatic rings. The average Bonchev–Trinajstić information content (AvgIpc) is 3.10. The van der Waals surface area contributed by atoms with Crippen LogP contribution in [-0.2, 0) is 21.2 Å². The van der Waals surface area contributed by atoms with Gasteiger partial charge in [-0.2, -0.15) is 0 Å². The van der Waals surface area contributed by atoms with Crippen molar-refractivity contribution in [2.24, 2.45) is 0 Å². The molecular weight excluding hydrogens is 352 g/mol. The summed E-state index contributed by atoms with van der Waals surface area (Å²) in [5.41, 5.74) is 1.51. The molecule has 0 spiro atoms. The van der Waals surface area contributed by atoms with Gasteiger partial charge in [0.15, 0.2) is 0 Å². The largest absolute Gasteiger partial charge is 0.508 e. The number of benzene rings is 1. The van der Waals surface area contributed by atoms with Gasteiger partial charge in [0.05, 0.1) is 11.7 Å². The topological polar surface area (TPSA) is 86.7 Å². The minimum absolute atomic E-state index is 0.0570. The van der Waals surface area contributed by atoms with E-state index in [4.69, 9.17) is 0 Å². The molecule has 7 heteroatoms. The molecule has 0 radical (unpaired) electrons. The predicted octanol–water partition coefficient (Wildman–Crippen LogP) is 2.10. The van der Waals surface area contributed by atoms with Crippen LogP contribution < -0.4 is 4.72 Å². The van der Waals surface area contributed by atoms with Crippen LogP contribution in [0.2, 0.25) is 0 Å². The fourth-order valence-electron chi connectivity index (χ4n) is 3.84. The lowest BCUT2D eigenvalue weighted by Crippen LogP contribution is -2.50. The Balaban J connectivity index is 1.61. The number of phenolic OH excluding ortho intramolecular Hbond substituents is 1. The third-order valence-corrected chi connectivity index (χ3v) is 7.41. The molecule has 1 atom stereocenters. The number of hydrogen-bond donors (Lipinski definition) is 2. The van der Waals surface area contributed by atoms with E-state index in [-0.39, 0.29) is 30.7 Å². The Hall–Kier alpha value is -1.60. The number of phenols is 1. The van der Waals surface area contributed by atoms with E-state index in [2.05, 4.69) is 4.72 Å². The third kappa shape index (κ3) is 4.57. The number of nitrogens with one attached hydrogen (secondary N) is 1. The third-order valence-electron chi connectivity index (χ3n) is 5.48. The van der Waals surface area contributed by atoms with Crippen molar-refractivity contribution in [3.63, 3.8) is 0 Å².